The summed E-state index contributed by atoms with van der Waals surface area (Å²) in [7, 11) is 0. The van der Waals surface area contributed by atoms with Crippen molar-refractivity contribution in [2.24, 2.45) is 0 Å². The number of hydrogen-bond acceptors (Lipinski definition) is 6. The third kappa shape index (κ3) is 3.77. The number of furan rings is 1. The van der Waals surface area contributed by atoms with Gasteiger partial charge in [-0.1, -0.05) is 0 Å². The fraction of sp³-hybridized carbons (Fsp3) is 0.278. The zero-order valence-corrected chi connectivity index (χ0v) is 14.5. The molecule has 0 saturated carbocycles. The Kier molecular flexibility index (Phi) is 5.17. The molecule has 2 aromatic heterocycles. The largest absolute Gasteiger partial charge is 0.494 e. The minimum absolute atomic E-state index is 0.0482. The normalized spacial score (nSPS) is 10.8. The van der Waals surface area contributed by atoms with Crippen molar-refractivity contribution >= 4 is 17.0 Å². The first-order valence-corrected chi connectivity index (χ1v) is 8.63. The van der Waals surface area contributed by atoms with Gasteiger partial charge in [-0.2, -0.15) is 0 Å². The minimum Gasteiger partial charge on any atom is -0.494 e. The summed E-state index contributed by atoms with van der Waals surface area (Å²) in [4.78, 5) is 5.52. The van der Waals surface area contributed by atoms with Crippen molar-refractivity contribution in [1.29, 1.82) is 0 Å². The van der Waals surface area contributed by atoms with Gasteiger partial charge in [0, 0.05) is 22.3 Å². The highest BCUT2D eigenvalue weighted by molar-refractivity contribution is 7.14. The van der Waals surface area contributed by atoms with Gasteiger partial charge in [-0.25, -0.2) is 4.98 Å². The Balaban J connectivity index is 1.66. The summed E-state index contributed by atoms with van der Waals surface area (Å²) in [5.41, 5.74) is 1.71. The second-order valence-electron chi connectivity index (χ2n) is 5.31. The lowest BCUT2D eigenvalue weighted by Gasteiger charge is -2.11. The number of nitrogens with zero attached hydrogens (tertiary/aromatic N) is 1. The second-order valence-corrected chi connectivity index (χ2v) is 6.42. The molecule has 3 rings (SSSR count). The van der Waals surface area contributed by atoms with E-state index in [4.69, 9.17) is 9.15 Å². The molecule has 24 heavy (non-hydrogen) atoms. The molecule has 0 saturated heterocycles. The number of nitrogens with one attached hydrogen (secondary N) is 1. The summed E-state index contributed by atoms with van der Waals surface area (Å²) in [5.74, 6) is 2.40. The van der Waals surface area contributed by atoms with Crippen LogP contribution in [0.25, 0.3) is 10.8 Å². The first-order chi connectivity index (χ1) is 11.7. The Morgan fingerprint density at radius 1 is 1.29 bits per heavy atom. The van der Waals surface area contributed by atoms with Gasteiger partial charge in [0.2, 0.25) is 0 Å². The van der Waals surface area contributed by atoms with Crippen molar-refractivity contribution < 1.29 is 14.3 Å². The lowest BCUT2D eigenvalue weighted by molar-refractivity contribution is 0.267. The zero-order valence-electron chi connectivity index (χ0n) is 13.7. The molecule has 5 nitrogen and oxygen atoms in total. The van der Waals surface area contributed by atoms with E-state index in [-0.39, 0.29) is 6.61 Å². The van der Waals surface area contributed by atoms with Crippen molar-refractivity contribution in [1.82, 2.24) is 4.98 Å². The average molecular weight is 344 g/mol. The van der Waals surface area contributed by atoms with Crippen molar-refractivity contribution in [3.8, 4) is 16.5 Å². The van der Waals surface area contributed by atoms with E-state index in [1.807, 2.05) is 50.4 Å². The van der Waals surface area contributed by atoms with E-state index in [2.05, 4.69) is 10.3 Å². The molecule has 0 radical (unpaired) electrons. The van der Waals surface area contributed by atoms with Crippen LogP contribution in [0.1, 0.15) is 23.1 Å². The van der Waals surface area contributed by atoms with Crippen LogP contribution in [0.4, 0.5) is 5.69 Å². The first kappa shape index (κ1) is 16.5. The standard InChI is InChI=1S/C18H20N2O3S/c1-3-22-16-7-5-14(8-13(16)11-21)19-9-15-10-20-18(24-15)17-6-4-12(2)23-17/h4-8,10,19,21H,3,9,11H2,1-2H3. The summed E-state index contributed by atoms with van der Waals surface area (Å²) < 4.78 is 11.1. The molecule has 0 fully saturated rings. The number of aliphatic hydroxyl groups excluding tert-OH is 1. The smallest absolute Gasteiger partial charge is 0.162 e. The van der Waals surface area contributed by atoms with E-state index in [1.54, 1.807) is 11.3 Å². The molecular weight excluding hydrogens is 324 g/mol. The summed E-state index contributed by atoms with van der Waals surface area (Å²) in [6.07, 6.45) is 1.85. The maximum atomic E-state index is 9.46. The van der Waals surface area contributed by atoms with E-state index in [0.717, 1.165) is 38.4 Å². The van der Waals surface area contributed by atoms with E-state index >= 15 is 0 Å². The van der Waals surface area contributed by atoms with Crippen molar-refractivity contribution in [2.75, 3.05) is 11.9 Å². The number of aliphatic hydroxyl groups is 1. The van der Waals surface area contributed by atoms with Gasteiger partial charge in [-0.05, 0) is 44.2 Å². The highest BCUT2D eigenvalue weighted by Crippen LogP contribution is 2.28. The molecule has 0 amide bonds. The molecule has 6 heteroatoms. The molecule has 1 aromatic carbocycles. The summed E-state index contributed by atoms with van der Waals surface area (Å²) >= 11 is 1.60. The molecule has 0 aliphatic carbocycles. The number of anilines is 1. The summed E-state index contributed by atoms with van der Waals surface area (Å²) in [6, 6.07) is 9.60. The molecule has 0 spiro atoms. The van der Waals surface area contributed by atoms with Crippen molar-refractivity contribution in [3.63, 3.8) is 0 Å². The van der Waals surface area contributed by atoms with Crippen LogP contribution in [0.3, 0.4) is 0 Å². The van der Waals surface area contributed by atoms with Crippen LogP contribution < -0.4 is 10.1 Å². The van der Waals surface area contributed by atoms with Gasteiger partial charge < -0.3 is 19.6 Å². The Morgan fingerprint density at radius 2 is 2.17 bits per heavy atom. The van der Waals surface area contributed by atoms with E-state index in [0.29, 0.717) is 13.2 Å². The van der Waals surface area contributed by atoms with Gasteiger partial charge in [-0.15, -0.1) is 11.3 Å². The fourth-order valence-corrected chi connectivity index (χ4v) is 3.16. The van der Waals surface area contributed by atoms with E-state index < -0.39 is 0 Å². The van der Waals surface area contributed by atoms with Crippen molar-refractivity contribution in [2.45, 2.75) is 27.0 Å². The number of ether oxygens (including phenoxy) is 1. The van der Waals surface area contributed by atoms with Gasteiger partial charge in [0.05, 0.1) is 19.8 Å². The molecular formula is C18H20N2O3S. The molecule has 2 heterocycles. The Hall–Kier alpha value is -2.31. The molecule has 3 aromatic rings. The van der Waals surface area contributed by atoms with Gasteiger partial charge in [0.1, 0.15) is 11.5 Å². The quantitative estimate of drug-likeness (QED) is 0.672. The lowest BCUT2D eigenvalue weighted by atomic mass is 10.2. The number of hydrogen-bond donors (Lipinski definition) is 2. The van der Waals surface area contributed by atoms with Gasteiger partial charge >= 0.3 is 0 Å². The molecule has 126 valence electrons. The third-order valence-electron chi connectivity index (χ3n) is 3.50. The van der Waals surface area contributed by atoms with Crippen LogP contribution >= 0.6 is 11.3 Å². The maximum Gasteiger partial charge on any atom is 0.162 e. The molecule has 0 unspecified atom stereocenters. The predicted octanol–water partition coefficient (Wildman–Crippen LogP) is 4.21. The molecule has 2 N–H and O–H groups in total. The lowest BCUT2D eigenvalue weighted by Crippen LogP contribution is -2.01. The van der Waals surface area contributed by atoms with E-state index in [9.17, 15) is 5.11 Å². The first-order valence-electron chi connectivity index (χ1n) is 7.81. The summed E-state index contributed by atoms with van der Waals surface area (Å²) in [5, 5.41) is 13.7. The molecule has 0 aliphatic rings. The fourth-order valence-electron chi connectivity index (χ4n) is 2.35. The monoisotopic (exact) mass is 344 g/mol. The van der Waals surface area contributed by atoms with Crippen LogP contribution in [-0.2, 0) is 13.2 Å². The second kappa shape index (κ2) is 7.51. The number of benzene rings is 1. The SMILES string of the molecule is CCOc1ccc(NCc2cnc(-c3ccc(C)o3)s2)cc1CO. The Bertz CT molecular complexity index is 810. The zero-order chi connectivity index (χ0) is 16.9. The highest BCUT2D eigenvalue weighted by atomic mass is 32.1. The third-order valence-corrected chi connectivity index (χ3v) is 4.51. The number of aryl methyl sites for hydroxylation is 1. The van der Waals surface area contributed by atoms with Gasteiger partial charge in [0.15, 0.2) is 10.8 Å². The minimum atomic E-state index is -0.0482. The Morgan fingerprint density at radius 3 is 2.88 bits per heavy atom. The van der Waals surface area contributed by atoms with Gasteiger partial charge in [-0.3, -0.25) is 0 Å². The molecule has 0 atom stereocenters. The number of thiazole rings is 1. The number of rotatable bonds is 7. The van der Waals surface area contributed by atoms with Gasteiger partial charge in [0.25, 0.3) is 0 Å². The van der Waals surface area contributed by atoms with E-state index in [1.165, 1.54) is 0 Å². The molecule has 0 aliphatic heterocycles. The maximum absolute atomic E-state index is 9.46. The predicted molar refractivity (Wildman–Crippen MR) is 95.4 cm³/mol. The molecule has 0 bridgehead atoms. The van der Waals surface area contributed by atoms with Crippen LogP contribution in [0, 0.1) is 6.92 Å². The highest BCUT2D eigenvalue weighted by Gasteiger charge is 2.09. The summed E-state index contributed by atoms with van der Waals surface area (Å²) in [6.45, 7) is 5.04. The number of aromatic nitrogens is 1. The van der Waals surface area contributed by atoms with Crippen LogP contribution in [0.5, 0.6) is 5.75 Å². The van der Waals surface area contributed by atoms with Crippen LogP contribution in [0.2, 0.25) is 0 Å². The Labute approximate surface area is 144 Å². The average Bonchev–Trinajstić information content (AvgIpc) is 3.23. The van der Waals surface area contributed by atoms with Crippen LogP contribution in [-0.4, -0.2) is 16.7 Å². The van der Waals surface area contributed by atoms with Crippen molar-refractivity contribution in [3.05, 3.63) is 52.7 Å². The topological polar surface area (TPSA) is 67.5 Å². The van der Waals surface area contributed by atoms with Crippen LogP contribution in [0.15, 0.2) is 40.9 Å².